The second kappa shape index (κ2) is 5.83. The van der Waals surface area contributed by atoms with Crippen LogP contribution in [0, 0.1) is 11.8 Å². The topological polar surface area (TPSA) is 22.1 Å². The van der Waals surface area contributed by atoms with Gasteiger partial charge < -0.3 is 4.74 Å². The van der Waals surface area contributed by atoms with Crippen molar-refractivity contribution in [2.45, 2.75) is 45.8 Å². The number of hydrogen-bond donors (Lipinski definition) is 0. The lowest BCUT2D eigenvalue weighted by atomic mass is 9.82. The first-order valence-corrected chi connectivity index (χ1v) is 6.73. The monoisotopic (exact) mass is 253 g/mol. The van der Waals surface area contributed by atoms with E-state index < -0.39 is 0 Å². The van der Waals surface area contributed by atoms with Gasteiger partial charge >= 0.3 is 0 Å². The van der Waals surface area contributed by atoms with Gasteiger partial charge in [0, 0.05) is 11.2 Å². The van der Waals surface area contributed by atoms with Crippen molar-refractivity contribution in [3.63, 3.8) is 0 Å². The molecule has 1 aliphatic carbocycles. The minimum Gasteiger partial charge on any atom is -0.372 e. The van der Waals surface area contributed by atoms with Crippen LogP contribution in [-0.4, -0.2) is 11.1 Å². The third-order valence-corrected chi connectivity index (χ3v) is 3.62. The lowest BCUT2D eigenvalue weighted by Gasteiger charge is -2.31. The fourth-order valence-corrected chi connectivity index (χ4v) is 2.92. The van der Waals surface area contributed by atoms with E-state index in [0.717, 1.165) is 22.6 Å². The van der Waals surface area contributed by atoms with Crippen LogP contribution in [0.15, 0.2) is 18.3 Å². The minimum atomic E-state index is 0.384. The van der Waals surface area contributed by atoms with E-state index in [2.05, 4.69) is 18.8 Å². The van der Waals surface area contributed by atoms with Gasteiger partial charge in [0.05, 0.1) is 18.4 Å². The highest BCUT2D eigenvalue weighted by Gasteiger charge is 2.24. The lowest BCUT2D eigenvalue weighted by molar-refractivity contribution is -0.0105. The van der Waals surface area contributed by atoms with E-state index in [1.165, 1.54) is 19.3 Å². The van der Waals surface area contributed by atoms with E-state index in [9.17, 15) is 0 Å². The summed E-state index contributed by atoms with van der Waals surface area (Å²) in [6.07, 6.45) is 5.78. The first-order chi connectivity index (χ1) is 8.13. The Morgan fingerprint density at radius 3 is 2.65 bits per heavy atom. The highest BCUT2D eigenvalue weighted by atomic mass is 35.5. The zero-order chi connectivity index (χ0) is 12.3. The molecule has 0 amide bonds. The van der Waals surface area contributed by atoms with Crippen molar-refractivity contribution in [1.82, 2.24) is 4.98 Å². The fourth-order valence-electron chi connectivity index (χ4n) is 2.74. The molecule has 1 heterocycles. The van der Waals surface area contributed by atoms with E-state index in [0.29, 0.717) is 12.7 Å². The third-order valence-electron chi connectivity index (χ3n) is 3.38. The number of rotatable bonds is 3. The van der Waals surface area contributed by atoms with Gasteiger partial charge in [0.25, 0.3) is 0 Å². The Labute approximate surface area is 108 Å². The van der Waals surface area contributed by atoms with Crippen molar-refractivity contribution in [1.29, 1.82) is 0 Å². The summed E-state index contributed by atoms with van der Waals surface area (Å²) in [6, 6.07) is 3.66. The molecule has 1 saturated carbocycles. The van der Waals surface area contributed by atoms with Gasteiger partial charge in [-0.1, -0.05) is 25.4 Å². The number of aromatic nitrogens is 1. The fraction of sp³-hybridized carbons (Fsp3) is 0.643. The molecule has 0 radical (unpaired) electrons. The number of nitrogens with zero attached hydrogens (tertiary/aromatic N) is 1. The summed E-state index contributed by atoms with van der Waals surface area (Å²) < 4.78 is 5.94. The van der Waals surface area contributed by atoms with E-state index >= 15 is 0 Å². The summed E-state index contributed by atoms with van der Waals surface area (Å²) in [4.78, 5) is 4.25. The standard InChI is InChI=1S/C14H20ClNO/c1-10-5-11(2)7-14(6-10)17-9-13-8-12(15)3-4-16-13/h3-4,8,10-11,14H,5-7,9H2,1-2H3. The average molecular weight is 254 g/mol. The summed E-state index contributed by atoms with van der Waals surface area (Å²) in [5, 5.41) is 0.726. The van der Waals surface area contributed by atoms with Gasteiger partial charge in [0.1, 0.15) is 0 Å². The van der Waals surface area contributed by atoms with Crippen LogP contribution < -0.4 is 0 Å². The summed E-state index contributed by atoms with van der Waals surface area (Å²) in [5.41, 5.74) is 0.920. The Kier molecular flexibility index (Phi) is 4.41. The second-order valence-corrected chi connectivity index (χ2v) is 5.75. The zero-order valence-electron chi connectivity index (χ0n) is 10.5. The van der Waals surface area contributed by atoms with Gasteiger partial charge in [-0.3, -0.25) is 4.98 Å². The second-order valence-electron chi connectivity index (χ2n) is 5.32. The van der Waals surface area contributed by atoms with E-state index in [1.54, 1.807) is 12.3 Å². The highest BCUT2D eigenvalue weighted by molar-refractivity contribution is 6.30. The summed E-state index contributed by atoms with van der Waals surface area (Å²) in [6.45, 7) is 5.19. The van der Waals surface area contributed by atoms with Crippen LogP contribution in [0.3, 0.4) is 0 Å². The SMILES string of the molecule is CC1CC(C)CC(OCc2cc(Cl)ccn2)C1. The van der Waals surface area contributed by atoms with E-state index in [1.807, 2.05) is 6.07 Å². The van der Waals surface area contributed by atoms with E-state index in [4.69, 9.17) is 16.3 Å². The molecule has 1 aromatic rings. The molecule has 1 aliphatic rings. The van der Waals surface area contributed by atoms with Gasteiger partial charge in [-0.25, -0.2) is 0 Å². The number of halogens is 1. The molecule has 2 rings (SSSR count). The first kappa shape index (κ1) is 12.8. The number of pyridine rings is 1. The molecular weight excluding hydrogens is 234 g/mol. The molecule has 2 atom stereocenters. The highest BCUT2D eigenvalue weighted by Crippen LogP contribution is 2.30. The molecule has 0 N–H and O–H groups in total. The molecule has 0 bridgehead atoms. The molecule has 0 saturated heterocycles. The Balaban J connectivity index is 1.85. The van der Waals surface area contributed by atoms with Crippen molar-refractivity contribution in [3.05, 3.63) is 29.0 Å². The van der Waals surface area contributed by atoms with Gasteiger partial charge in [-0.15, -0.1) is 0 Å². The third kappa shape index (κ3) is 3.97. The molecule has 0 spiro atoms. The quantitative estimate of drug-likeness (QED) is 0.810. The Hall–Kier alpha value is -0.600. The van der Waals surface area contributed by atoms with Crippen LogP contribution in [0.2, 0.25) is 5.02 Å². The number of ether oxygens (including phenoxy) is 1. The number of hydrogen-bond acceptors (Lipinski definition) is 2. The van der Waals surface area contributed by atoms with Crippen LogP contribution in [-0.2, 0) is 11.3 Å². The summed E-state index contributed by atoms with van der Waals surface area (Å²) >= 11 is 5.92. The Morgan fingerprint density at radius 1 is 1.29 bits per heavy atom. The Bertz CT molecular complexity index is 359. The molecule has 94 valence electrons. The van der Waals surface area contributed by atoms with Crippen molar-refractivity contribution >= 4 is 11.6 Å². The largest absolute Gasteiger partial charge is 0.372 e. The van der Waals surface area contributed by atoms with Crippen LogP contribution in [0.4, 0.5) is 0 Å². The summed E-state index contributed by atoms with van der Waals surface area (Å²) in [5.74, 6) is 1.55. The molecular formula is C14H20ClNO. The van der Waals surface area contributed by atoms with Crippen LogP contribution in [0.25, 0.3) is 0 Å². The van der Waals surface area contributed by atoms with Gasteiger partial charge in [-0.2, -0.15) is 0 Å². The molecule has 1 aromatic heterocycles. The normalized spacial score (nSPS) is 29.2. The predicted octanol–water partition coefficient (Wildman–Crippen LogP) is 4.08. The maximum absolute atomic E-state index is 5.94. The maximum Gasteiger partial charge on any atom is 0.0892 e. The zero-order valence-corrected chi connectivity index (χ0v) is 11.3. The maximum atomic E-state index is 5.94. The first-order valence-electron chi connectivity index (χ1n) is 6.35. The minimum absolute atomic E-state index is 0.384. The van der Waals surface area contributed by atoms with Crippen LogP contribution in [0.5, 0.6) is 0 Å². The Morgan fingerprint density at radius 2 is 2.00 bits per heavy atom. The van der Waals surface area contributed by atoms with Crippen LogP contribution in [0.1, 0.15) is 38.8 Å². The predicted molar refractivity (Wildman–Crippen MR) is 70.0 cm³/mol. The molecule has 0 aliphatic heterocycles. The molecule has 17 heavy (non-hydrogen) atoms. The van der Waals surface area contributed by atoms with Gasteiger partial charge in [0.2, 0.25) is 0 Å². The van der Waals surface area contributed by atoms with E-state index in [-0.39, 0.29) is 0 Å². The van der Waals surface area contributed by atoms with Gasteiger partial charge in [-0.05, 0) is 43.2 Å². The van der Waals surface area contributed by atoms with Crippen molar-refractivity contribution < 1.29 is 4.74 Å². The average Bonchev–Trinajstić information content (AvgIpc) is 2.25. The lowest BCUT2D eigenvalue weighted by Crippen LogP contribution is -2.26. The molecule has 2 unspecified atom stereocenters. The van der Waals surface area contributed by atoms with Crippen molar-refractivity contribution in [3.8, 4) is 0 Å². The summed E-state index contributed by atoms with van der Waals surface area (Å²) in [7, 11) is 0. The van der Waals surface area contributed by atoms with Crippen LogP contribution >= 0.6 is 11.6 Å². The van der Waals surface area contributed by atoms with Crippen molar-refractivity contribution in [2.75, 3.05) is 0 Å². The molecule has 2 nitrogen and oxygen atoms in total. The molecule has 0 aromatic carbocycles. The smallest absolute Gasteiger partial charge is 0.0892 e. The van der Waals surface area contributed by atoms with Crippen molar-refractivity contribution in [2.24, 2.45) is 11.8 Å². The molecule has 1 fully saturated rings. The molecule has 3 heteroatoms. The van der Waals surface area contributed by atoms with Gasteiger partial charge in [0.15, 0.2) is 0 Å².